The van der Waals surface area contributed by atoms with Crippen molar-refractivity contribution in [2.24, 2.45) is 5.92 Å². The summed E-state index contributed by atoms with van der Waals surface area (Å²) in [7, 11) is -2.74. The van der Waals surface area contributed by atoms with Crippen LogP contribution in [-0.4, -0.2) is 26.5 Å². The van der Waals surface area contributed by atoms with E-state index in [1.54, 1.807) is 0 Å². The van der Waals surface area contributed by atoms with Crippen LogP contribution >= 0.6 is 0 Å². The van der Waals surface area contributed by atoms with Crippen LogP contribution in [0.2, 0.25) is 0 Å². The van der Waals surface area contributed by atoms with Gasteiger partial charge in [0.1, 0.15) is 9.84 Å². The van der Waals surface area contributed by atoms with Crippen molar-refractivity contribution < 1.29 is 8.42 Å². The molecule has 0 amide bonds. The molecule has 0 atom stereocenters. The van der Waals surface area contributed by atoms with Crippen LogP contribution in [-0.2, 0) is 9.84 Å². The number of rotatable bonds is 1. The second-order valence-corrected chi connectivity index (χ2v) is 5.24. The molecule has 0 unspecified atom stereocenters. The predicted octanol–water partition coefficient (Wildman–Crippen LogP) is 0.730. The van der Waals surface area contributed by atoms with Crippen LogP contribution < -0.4 is 0 Å². The first-order valence-corrected chi connectivity index (χ1v) is 5.50. The van der Waals surface area contributed by atoms with E-state index in [0.717, 1.165) is 0 Å². The highest BCUT2D eigenvalue weighted by molar-refractivity contribution is 7.91. The Balaban J connectivity index is 2.44. The summed E-state index contributed by atoms with van der Waals surface area (Å²) in [4.78, 5) is 3.26. The van der Waals surface area contributed by atoms with Crippen molar-refractivity contribution in [3.63, 3.8) is 0 Å². The Labute approximate surface area is 67.2 Å². The minimum atomic E-state index is -2.74. The normalized spacial score (nSPS) is 24.3. The van der Waals surface area contributed by atoms with Crippen LogP contribution in [0.15, 0.2) is 0 Å². The summed E-state index contributed by atoms with van der Waals surface area (Å²) in [6, 6.07) is 0. The van der Waals surface area contributed by atoms with Gasteiger partial charge in [-0.2, -0.15) is 0 Å². The van der Waals surface area contributed by atoms with E-state index in [4.69, 9.17) is 6.57 Å². The van der Waals surface area contributed by atoms with Crippen molar-refractivity contribution in [2.75, 3.05) is 18.1 Å². The third kappa shape index (κ3) is 2.51. The second kappa shape index (κ2) is 3.22. The molecule has 0 aromatic heterocycles. The number of nitrogens with zero attached hydrogens (tertiary/aromatic N) is 1. The zero-order valence-electron chi connectivity index (χ0n) is 6.28. The van der Waals surface area contributed by atoms with Gasteiger partial charge in [-0.1, -0.05) is 0 Å². The van der Waals surface area contributed by atoms with E-state index in [9.17, 15) is 8.42 Å². The molecule has 1 saturated heterocycles. The molecule has 0 saturated carbocycles. The van der Waals surface area contributed by atoms with E-state index in [0.29, 0.717) is 25.3 Å². The summed E-state index contributed by atoms with van der Waals surface area (Å²) >= 11 is 0. The van der Waals surface area contributed by atoms with E-state index in [1.165, 1.54) is 0 Å². The molecule has 0 spiro atoms. The molecular weight excluding hydrogens is 162 g/mol. The topological polar surface area (TPSA) is 38.5 Å². The van der Waals surface area contributed by atoms with Gasteiger partial charge >= 0.3 is 0 Å². The molecule has 0 aromatic carbocycles. The van der Waals surface area contributed by atoms with Crippen LogP contribution in [0.4, 0.5) is 0 Å². The summed E-state index contributed by atoms with van der Waals surface area (Å²) in [5.41, 5.74) is 0. The number of hydrogen-bond acceptors (Lipinski definition) is 2. The zero-order chi connectivity index (χ0) is 8.32. The van der Waals surface area contributed by atoms with Crippen molar-refractivity contribution in [2.45, 2.75) is 12.8 Å². The van der Waals surface area contributed by atoms with Crippen molar-refractivity contribution in [1.82, 2.24) is 0 Å². The average Bonchev–Trinajstić information content (AvgIpc) is 1.94. The lowest BCUT2D eigenvalue weighted by atomic mass is 10.0. The fraction of sp³-hybridized carbons (Fsp3) is 0.857. The molecule has 1 aliphatic rings. The Morgan fingerprint density at radius 1 is 1.36 bits per heavy atom. The van der Waals surface area contributed by atoms with Gasteiger partial charge < -0.3 is 4.85 Å². The second-order valence-electron chi connectivity index (χ2n) is 2.94. The highest BCUT2D eigenvalue weighted by atomic mass is 32.2. The molecule has 11 heavy (non-hydrogen) atoms. The van der Waals surface area contributed by atoms with E-state index < -0.39 is 9.84 Å². The molecule has 0 aromatic rings. The van der Waals surface area contributed by atoms with Crippen molar-refractivity contribution in [3.8, 4) is 0 Å². The maximum Gasteiger partial charge on any atom is 0.217 e. The molecule has 0 bridgehead atoms. The van der Waals surface area contributed by atoms with Gasteiger partial charge in [0.25, 0.3) is 0 Å². The summed E-state index contributed by atoms with van der Waals surface area (Å²) in [5.74, 6) is 0.899. The summed E-state index contributed by atoms with van der Waals surface area (Å²) in [5, 5.41) is 0. The summed E-state index contributed by atoms with van der Waals surface area (Å²) < 4.78 is 21.8. The summed E-state index contributed by atoms with van der Waals surface area (Å²) in [6.45, 7) is 7.11. The largest absolute Gasteiger partial charge is 0.317 e. The minimum Gasteiger partial charge on any atom is -0.317 e. The predicted molar refractivity (Wildman–Crippen MR) is 42.8 cm³/mol. The highest BCUT2D eigenvalue weighted by Crippen LogP contribution is 2.18. The zero-order valence-corrected chi connectivity index (χ0v) is 7.10. The first kappa shape index (κ1) is 8.54. The fourth-order valence-corrected chi connectivity index (χ4v) is 2.84. The molecule has 3 nitrogen and oxygen atoms in total. The third-order valence-corrected chi connectivity index (χ3v) is 3.74. The van der Waals surface area contributed by atoms with Crippen LogP contribution in [0.1, 0.15) is 12.8 Å². The smallest absolute Gasteiger partial charge is 0.217 e. The lowest BCUT2D eigenvalue weighted by molar-refractivity contribution is 0.492. The van der Waals surface area contributed by atoms with Gasteiger partial charge in [-0.3, -0.25) is 0 Å². The fourth-order valence-electron chi connectivity index (χ4n) is 1.25. The van der Waals surface area contributed by atoms with Gasteiger partial charge in [0.05, 0.1) is 11.5 Å². The maximum absolute atomic E-state index is 10.9. The Kier molecular flexibility index (Phi) is 2.50. The first-order chi connectivity index (χ1) is 5.14. The quantitative estimate of drug-likeness (QED) is 0.548. The van der Waals surface area contributed by atoms with Crippen LogP contribution in [0.25, 0.3) is 4.85 Å². The lowest BCUT2D eigenvalue weighted by Gasteiger charge is -2.16. The molecule has 1 rings (SSSR count). The minimum absolute atomic E-state index is 0.285. The Hall–Kier alpha value is -0.560. The molecule has 0 aliphatic carbocycles. The van der Waals surface area contributed by atoms with Gasteiger partial charge in [0, 0.05) is 5.92 Å². The van der Waals surface area contributed by atoms with Crippen LogP contribution in [0.3, 0.4) is 0 Å². The van der Waals surface area contributed by atoms with E-state index >= 15 is 0 Å². The molecule has 1 aliphatic heterocycles. The van der Waals surface area contributed by atoms with E-state index in [-0.39, 0.29) is 11.5 Å². The first-order valence-electron chi connectivity index (χ1n) is 3.68. The van der Waals surface area contributed by atoms with Gasteiger partial charge in [-0.25, -0.2) is 15.0 Å². The molecule has 62 valence electrons. The SMILES string of the molecule is [C-]#[N+]CC1CCS(=O)(=O)CC1. The van der Waals surface area contributed by atoms with Gasteiger partial charge in [-0.05, 0) is 12.8 Å². The monoisotopic (exact) mass is 173 g/mol. The lowest BCUT2D eigenvalue weighted by Crippen LogP contribution is -2.24. The van der Waals surface area contributed by atoms with Crippen molar-refractivity contribution in [1.29, 1.82) is 0 Å². The number of sulfone groups is 1. The summed E-state index contributed by atoms with van der Waals surface area (Å²) in [6.07, 6.45) is 1.37. The van der Waals surface area contributed by atoms with E-state index in [2.05, 4.69) is 4.85 Å². The van der Waals surface area contributed by atoms with Gasteiger partial charge in [0.2, 0.25) is 6.54 Å². The molecule has 4 heteroatoms. The van der Waals surface area contributed by atoms with Crippen LogP contribution in [0, 0.1) is 12.5 Å². The maximum atomic E-state index is 10.9. The van der Waals surface area contributed by atoms with Crippen LogP contribution in [0.5, 0.6) is 0 Å². The average molecular weight is 173 g/mol. The Bertz CT molecular complexity index is 249. The standard InChI is InChI=1S/C7H11NO2S/c1-8-6-7-2-4-11(9,10)5-3-7/h7H,2-6H2. The van der Waals surface area contributed by atoms with E-state index in [1.807, 2.05) is 0 Å². The number of hydrogen-bond donors (Lipinski definition) is 0. The van der Waals surface area contributed by atoms with Crippen molar-refractivity contribution >= 4 is 9.84 Å². The highest BCUT2D eigenvalue weighted by Gasteiger charge is 2.24. The molecule has 0 N–H and O–H groups in total. The molecule has 1 fully saturated rings. The van der Waals surface area contributed by atoms with Crippen molar-refractivity contribution in [3.05, 3.63) is 11.4 Å². The van der Waals surface area contributed by atoms with Gasteiger partial charge in [0.15, 0.2) is 0 Å². The van der Waals surface area contributed by atoms with Gasteiger partial charge in [-0.15, -0.1) is 0 Å². The molecular formula is C7H11NO2S. The molecule has 0 radical (unpaired) electrons. The Morgan fingerprint density at radius 3 is 2.36 bits per heavy atom. The molecule has 1 heterocycles. The third-order valence-electron chi connectivity index (χ3n) is 2.02. The Morgan fingerprint density at radius 2 is 1.91 bits per heavy atom.